The van der Waals surface area contributed by atoms with Crippen LogP contribution in [0.5, 0.6) is 5.75 Å². The topological polar surface area (TPSA) is 32.7 Å². The highest BCUT2D eigenvalue weighted by Crippen LogP contribution is 2.31. The Morgan fingerprint density at radius 3 is 2.42 bits per heavy atom. The quantitative estimate of drug-likeness (QED) is 0.637. The van der Waals surface area contributed by atoms with Crippen LogP contribution in [0.15, 0.2) is 24.3 Å². The number of alkyl halides is 3. The molecule has 0 aromatic heterocycles. The molecule has 0 radical (unpaired) electrons. The van der Waals surface area contributed by atoms with Crippen LogP contribution in [0.2, 0.25) is 0 Å². The number of hydrogen-bond donors (Lipinski definition) is 1. The second kappa shape index (κ2) is 8.41. The van der Waals surface area contributed by atoms with Gasteiger partial charge in [-0.05, 0) is 49.5 Å². The van der Waals surface area contributed by atoms with E-state index in [0.29, 0.717) is 45.5 Å². The fourth-order valence-corrected chi connectivity index (χ4v) is 2.87. The zero-order valence-corrected chi connectivity index (χ0v) is 13.4. The van der Waals surface area contributed by atoms with Crippen molar-refractivity contribution in [2.24, 2.45) is 5.92 Å². The number of aliphatic hydroxyl groups is 1. The summed E-state index contributed by atoms with van der Waals surface area (Å²) < 4.78 is 43.1. The minimum Gasteiger partial charge on any atom is -0.493 e. The number of likely N-dealkylation sites (tertiary alicyclic amines) is 1. The molecule has 1 N–H and O–H groups in total. The SMILES string of the molecule is C#CCCOc1ccc(CN2CCC(C(O)C(F)(F)F)CC2)cc1. The molecular formula is C18H22F3NO2. The number of benzene rings is 1. The zero-order chi connectivity index (χ0) is 17.6. The third kappa shape index (κ3) is 5.43. The van der Waals surface area contributed by atoms with Crippen LogP contribution in [-0.2, 0) is 6.54 Å². The first-order valence-corrected chi connectivity index (χ1v) is 8.02. The maximum atomic E-state index is 12.5. The smallest absolute Gasteiger partial charge is 0.414 e. The lowest BCUT2D eigenvalue weighted by Crippen LogP contribution is -2.43. The number of terminal acetylenes is 1. The molecule has 1 aromatic carbocycles. The number of nitrogens with zero attached hydrogens (tertiary/aromatic N) is 1. The third-order valence-electron chi connectivity index (χ3n) is 4.26. The monoisotopic (exact) mass is 341 g/mol. The Kier molecular flexibility index (Phi) is 6.52. The number of piperidine rings is 1. The lowest BCUT2D eigenvalue weighted by atomic mass is 9.90. The van der Waals surface area contributed by atoms with E-state index >= 15 is 0 Å². The van der Waals surface area contributed by atoms with Gasteiger partial charge in [-0.15, -0.1) is 12.3 Å². The summed E-state index contributed by atoms with van der Waals surface area (Å²) >= 11 is 0. The number of ether oxygens (including phenoxy) is 1. The van der Waals surface area contributed by atoms with Gasteiger partial charge in [0, 0.05) is 13.0 Å². The van der Waals surface area contributed by atoms with Crippen LogP contribution in [0.25, 0.3) is 0 Å². The summed E-state index contributed by atoms with van der Waals surface area (Å²) in [6, 6.07) is 7.63. The Balaban J connectivity index is 1.78. The second-order valence-electron chi connectivity index (χ2n) is 6.05. The van der Waals surface area contributed by atoms with E-state index in [1.165, 1.54) is 0 Å². The van der Waals surface area contributed by atoms with Crippen molar-refractivity contribution in [3.05, 3.63) is 29.8 Å². The summed E-state index contributed by atoms with van der Waals surface area (Å²) in [7, 11) is 0. The van der Waals surface area contributed by atoms with Crippen molar-refractivity contribution >= 4 is 0 Å². The highest BCUT2D eigenvalue weighted by molar-refractivity contribution is 5.27. The number of halogens is 3. The molecule has 132 valence electrons. The fraction of sp³-hybridized carbons (Fsp3) is 0.556. The van der Waals surface area contributed by atoms with E-state index in [2.05, 4.69) is 10.8 Å². The molecule has 0 saturated carbocycles. The van der Waals surface area contributed by atoms with E-state index in [4.69, 9.17) is 11.2 Å². The molecule has 0 bridgehead atoms. The highest BCUT2D eigenvalue weighted by atomic mass is 19.4. The zero-order valence-electron chi connectivity index (χ0n) is 13.4. The van der Waals surface area contributed by atoms with Gasteiger partial charge >= 0.3 is 6.18 Å². The molecule has 3 nitrogen and oxygen atoms in total. The maximum Gasteiger partial charge on any atom is 0.414 e. The Morgan fingerprint density at radius 1 is 1.25 bits per heavy atom. The van der Waals surface area contributed by atoms with Crippen molar-refractivity contribution in [3.8, 4) is 18.1 Å². The number of rotatable bonds is 6. The van der Waals surface area contributed by atoms with Gasteiger partial charge in [-0.25, -0.2) is 0 Å². The summed E-state index contributed by atoms with van der Waals surface area (Å²) in [6.45, 7) is 2.26. The first-order chi connectivity index (χ1) is 11.4. The predicted octanol–water partition coefficient (Wildman–Crippen LogP) is 3.22. The third-order valence-corrected chi connectivity index (χ3v) is 4.26. The van der Waals surface area contributed by atoms with E-state index in [-0.39, 0.29) is 0 Å². The van der Waals surface area contributed by atoms with Gasteiger partial charge < -0.3 is 9.84 Å². The summed E-state index contributed by atoms with van der Waals surface area (Å²) in [5.41, 5.74) is 1.08. The minimum atomic E-state index is -4.53. The Hall–Kier alpha value is -1.71. The van der Waals surface area contributed by atoms with E-state index in [9.17, 15) is 18.3 Å². The van der Waals surface area contributed by atoms with Crippen LogP contribution in [0.3, 0.4) is 0 Å². The van der Waals surface area contributed by atoms with Crippen molar-refractivity contribution < 1.29 is 23.0 Å². The van der Waals surface area contributed by atoms with Gasteiger partial charge in [0.2, 0.25) is 0 Å². The van der Waals surface area contributed by atoms with Crippen LogP contribution in [0.4, 0.5) is 13.2 Å². The van der Waals surface area contributed by atoms with Crippen molar-refractivity contribution in [3.63, 3.8) is 0 Å². The van der Waals surface area contributed by atoms with Crippen LogP contribution >= 0.6 is 0 Å². The van der Waals surface area contributed by atoms with E-state index < -0.39 is 18.2 Å². The van der Waals surface area contributed by atoms with Gasteiger partial charge in [0.25, 0.3) is 0 Å². The first-order valence-electron chi connectivity index (χ1n) is 8.02. The molecule has 0 spiro atoms. The average molecular weight is 341 g/mol. The highest BCUT2D eigenvalue weighted by Gasteiger charge is 2.44. The molecule has 1 unspecified atom stereocenters. The lowest BCUT2D eigenvalue weighted by molar-refractivity contribution is -0.223. The summed E-state index contributed by atoms with van der Waals surface area (Å²) in [5, 5.41) is 9.34. The molecule has 0 amide bonds. The Bertz CT molecular complexity index is 543. The van der Waals surface area contributed by atoms with Gasteiger partial charge in [0.1, 0.15) is 5.75 Å². The molecular weight excluding hydrogens is 319 g/mol. The summed E-state index contributed by atoms with van der Waals surface area (Å²) in [6.07, 6.45) is -0.309. The molecule has 0 aliphatic carbocycles. The van der Waals surface area contributed by atoms with Crippen molar-refractivity contribution in [1.82, 2.24) is 4.90 Å². The van der Waals surface area contributed by atoms with Gasteiger partial charge in [-0.2, -0.15) is 13.2 Å². The first kappa shape index (κ1) is 18.6. The molecule has 6 heteroatoms. The van der Waals surface area contributed by atoms with Gasteiger partial charge in [0.15, 0.2) is 6.10 Å². The predicted molar refractivity (Wildman–Crippen MR) is 85.4 cm³/mol. The molecule has 1 atom stereocenters. The van der Waals surface area contributed by atoms with Gasteiger partial charge in [0.05, 0.1) is 6.61 Å². The lowest BCUT2D eigenvalue weighted by Gasteiger charge is -2.34. The van der Waals surface area contributed by atoms with Crippen LogP contribution in [0.1, 0.15) is 24.8 Å². The summed E-state index contributed by atoms with van der Waals surface area (Å²) in [4.78, 5) is 2.10. The van der Waals surface area contributed by atoms with Gasteiger partial charge in [-0.1, -0.05) is 12.1 Å². The van der Waals surface area contributed by atoms with E-state index in [1.807, 2.05) is 24.3 Å². The van der Waals surface area contributed by atoms with Crippen LogP contribution < -0.4 is 4.74 Å². The molecule has 1 aromatic rings. The maximum absolute atomic E-state index is 12.5. The summed E-state index contributed by atoms with van der Waals surface area (Å²) in [5.74, 6) is 2.55. The van der Waals surface area contributed by atoms with Crippen molar-refractivity contribution in [1.29, 1.82) is 0 Å². The van der Waals surface area contributed by atoms with E-state index in [0.717, 1.165) is 11.3 Å². The number of hydrogen-bond acceptors (Lipinski definition) is 3. The standard InChI is InChI=1S/C18H22F3NO2/c1-2-3-12-24-16-6-4-14(5-7-16)13-22-10-8-15(9-11-22)17(23)18(19,20)21/h1,4-7,15,17,23H,3,8-13H2. The molecule has 1 heterocycles. The normalized spacial score (nSPS) is 18.1. The molecule has 24 heavy (non-hydrogen) atoms. The average Bonchev–Trinajstić information content (AvgIpc) is 2.56. The Morgan fingerprint density at radius 2 is 1.88 bits per heavy atom. The molecule has 1 aliphatic rings. The van der Waals surface area contributed by atoms with Gasteiger partial charge in [-0.3, -0.25) is 4.90 Å². The molecule has 2 rings (SSSR count). The Labute approximate surface area is 140 Å². The van der Waals surface area contributed by atoms with Crippen LogP contribution in [0, 0.1) is 18.3 Å². The molecule has 1 fully saturated rings. The minimum absolute atomic E-state index is 0.355. The molecule has 1 aliphatic heterocycles. The van der Waals surface area contributed by atoms with Crippen LogP contribution in [-0.4, -0.2) is 42.0 Å². The van der Waals surface area contributed by atoms with Crippen molar-refractivity contribution in [2.75, 3.05) is 19.7 Å². The van der Waals surface area contributed by atoms with E-state index in [1.54, 1.807) is 0 Å². The number of aliphatic hydroxyl groups excluding tert-OH is 1. The van der Waals surface area contributed by atoms with Crippen molar-refractivity contribution in [2.45, 2.75) is 38.1 Å². The molecule has 1 saturated heterocycles. The second-order valence-corrected chi connectivity index (χ2v) is 6.05. The fourth-order valence-electron chi connectivity index (χ4n) is 2.87. The largest absolute Gasteiger partial charge is 0.493 e.